The lowest BCUT2D eigenvalue weighted by molar-refractivity contribution is 0.113. The Labute approximate surface area is 123 Å². The molecule has 2 aromatic rings. The molecule has 1 aliphatic rings. The highest BCUT2D eigenvalue weighted by Gasteiger charge is 2.24. The molecule has 0 aromatic carbocycles. The molecule has 1 N–H and O–H groups in total. The molecule has 7 nitrogen and oxygen atoms in total. The third kappa shape index (κ3) is 2.96. The lowest BCUT2D eigenvalue weighted by Crippen LogP contribution is -2.50. The van der Waals surface area contributed by atoms with Gasteiger partial charge in [-0.25, -0.2) is 0 Å². The number of nitrogens with zero attached hydrogens (tertiary/aromatic N) is 5. The van der Waals surface area contributed by atoms with E-state index in [0.29, 0.717) is 29.0 Å². The number of nitrogens with one attached hydrogen (secondary N) is 1. The maximum absolute atomic E-state index is 8.83. The second-order valence-corrected chi connectivity index (χ2v) is 5.53. The topological polar surface area (TPSA) is 85.0 Å². The summed E-state index contributed by atoms with van der Waals surface area (Å²) in [6.07, 6.45) is 2.39. The van der Waals surface area contributed by atoms with Crippen LogP contribution in [0.5, 0.6) is 0 Å². The predicted molar refractivity (Wildman–Crippen MR) is 76.4 cm³/mol. The number of hydrogen-bond donors (Lipinski definition) is 1. The number of nitriles is 1. The van der Waals surface area contributed by atoms with Gasteiger partial charge in [-0.3, -0.25) is 0 Å². The van der Waals surface area contributed by atoms with E-state index in [-0.39, 0.29) is 0 Å². The van der Waals surface area contributed by atoms with Crippen LogP contribution < -0.4 is 0 Å². The van der Waals surface area contributed by atoms with E-state index in [2.05, 4.69) is 45.1 Å². The third-order valence-corrected chi connectivity index (χ3v) is 3.91. The third-order valence-electron chi connectivity index (χ3n) is 3.91. The largest absolute Gasteiger partial charge is 0.356 e. The van der Waals surface area contributed by atoms with E-state index >= 15 is 0 Å². The Bertz CT molecular complexity index is 654. The number of piperazine rings is 1. The molecule has 1 saturated heterocycles. The van der Waals surface area contributed by atoms with Crippen LogP contribution >= 0.6 is 0 Å². The van der Waals surface area contributed by atoms with Crippen LogP contribution in [0.4, 0.5) is 0 Å². The summed E-state index contributed by atoms with van der Waals surface area (Å²) >= 11 is 0. The van der Waals surface area contributed by atoms with Crippen LogP contribution in [-0.4, -0.2) is 64.7 Å². The van der Waals surface area contributed by atoms with E-state index in [9.17, 15) is 0 Å². The molecule has 7 heteroatoms. The summed E-state index contributed by atoms with van der Waals surface area (Å²) < 4.78 is 5.28. The minimum atomic E-state index is 0.396. The van der Waals surface area contributed by atoms with E-state index in [0.717, 1.165) is 26.1 Å². The van der Waals surface area contributed by atoms with Gasteiger partial charge in [0.05, 0.1) is 5.56 Å². The molecule has 1 atom stereocenters. The van der Waals surface area contributed by atoms with E-state index in [1.807, 2.05) is 0 Å². The lowest BCUT2D eigenvalue weighted by Gasteiger charge is -2.37. The van der Waals surface area contributed by atoms with Gasteiger partial charge < -0.3 is 19.3 Å². The van der Waals surface area contributed by atoms with Crippen LogP contribution in [-0.2, 0) is 6.42 Å². The molecule has 0 aliphatic carbocycles. The summed E-state index contributed by atoms with van der Waals surface area (Å²) in [7, 11) is 4.26. The zero-order valence-corrected chi connectivity index (χ0v) is 12.2. The molecule has 2 aromatic heterocycles. The normalized spacial score (nSPS) is 20.5. The van der Waals surface area contributed by atoms with Crippen molar-refractivity contribution in [1.29, 1.82) is 5.26 Å². The van der Waals surface area contributed by atoms with E-state index < -0.39 is 0 Å². The number of H-pyrrole nitrogens is 1. The highest BCUT2D eigenvalue weighted by atomic mass is 16.5. The van der Waals surface area contributed by atoms with Crippen LogP contribution in [0.3, 0.4) is 0 Å². The average Bonchev–Trinajstić information content (AvgIpc) is 3.11. The summed E-state index contributed by atoms with van der Waals surface area (Å²) in [5.74, 6) is 1.13. The average molecular weight is 286 g/mol. The van der Waals surface area contributed by atoms with Gasteiger partial charge in [-0.1, -0.05) is 5.16 Å². The van der Waals surface area contributed by atoms with Crippen molar-refractivity contribution in [2.75, 3.05) is 33.7 Å². The fourth-order valence-electron chi connectivity index (χ4n) is 2.56. The molecule has 1 aliphatic heterocycles. The summed E-state index contributed by atoms with van der Waals surface area (Å²) in [5, 5.41) is 12.9. The maximum atomic E-state index is 8.83. The van der Waals surface area contributed by atoms with Crippen molar-refractivity contribution in [2.45, 2.75) is 12.5 Å². The quantitative estimate of drug-likeness (QED) is 0.895. The molecular formula is C14H18N6O. The Hall–Kier alpha value is -2.17. The van der Waals surface area contributed by atoms with Gasteiger partial charge in [0.2, 0.25) is 0 Å². The van der Waals surface area contributed by atoms with Gasteiger partial charge in [0.25, 0.3) is 5.89 Å². The van der Waals surface area contributed by atoms with Crippen LogP contribution in [0.2, 0.25) is 0 Å². The van der Waals surface area contributed by atoms with Gasteiger partial charge in [-0.2, -0.15) is 10.2 Å². The van der Waals surface area contributed by atoms with Gasteiger partial charge >= 0.3 is 0 Å². The van der Waals surface area contributed by atoms with Gasteiger partial charge in [0.15, 0.2) is 5.82 Å². The number of aromatic amines is 1. The molecule has 0 amide bonds. The van der Waals surface area contributed by atoms with Crippen molar-refractivity contribution in [1.82, 2.24) is 24.9 Å². The van der Waals surface area contributed by atoms with Gasteiger partial charge in [-0.05, 0) is 20.2 Å². The van der Waals surface area contributed by atoms with Crippen LogP contribution in [0.25, 0.3) is 11.6 Å². The van der Waals surface area contributed by atoms with Crippen LogP contribution in [0, 0.1) is 11.3 Å². The predicted octanol–water partition coefficient (Wildman–Crippen LogP) is 0.725. The van der Waals surface area contributed by atoms with E-state index in [1.54, 1.807) is 12.3 Å². The van der Waals surface area contributed by atoms with E-state index in [4.69, 9.17) is 9.78 Å². The zero-order valence-electron chi connectivity index (χ0n) is 12.2. The van der Waals surface area contributed by atoms with E-state index in [1.165, 1.54) is 0 Å². The minimum absolute atomic E-state index is 0.396. The molecular weight excluding hydrogens is 268 g/mol. The second-order valence-electron chi connectivity index (χ2n) is 5.53. The first kappa shape index (κ1) is 13.8. The molecule has 3 rings (SSSR count). The van der Waals surface area contributed by atoms with Crippen molar-refractivity contribution in [3.05, 3.63) is 23.7 Å². The Kier molecular flexibility index (Phi) is 3.73. The highest BCUT2D eigenvalue weighted by Crippen LogP contribution is 2.18. The molecule has 0 radical (unpaired) electrons. The Morgan fingerprint density at radius 2 is 2.33 bits per heavy atom. The lowest BCUT2D eigenvalue weighted by atomic mass is 10.1. The first-order chi connectivity index (χ1) is 10.2. The maximum Gasteiger partial charge on any atom is 0.274 e. The molecule has 0 bridgehead atoms. The van der Waals surface area contributed by atoms with Crippen molar-refractivity contribution in [3.63, 3.8) is 0 Å². The van der Waals surface area contributed by atoms with Gasteiger partial charge in [0, 0.05) is 38.3 Å². The SMILES string of the molecule is CN1CCN(C)C(Cc2noc(-c3cc(C#N)c[nH]3)n2)C1. The first-order valence-electron chi connectivity index (χ1n) is 6.96. The number of hydrogen-bond acceptors (Lipinski definition) is 6. The smallest absolute Gasteiger partial charge is 0.274 e. The van der Waals surface area contributed by atoms with Crippen molar-refractivity contribution in [2.24, 2.45) is 0 Å². The molecule has 21 heavy (non-hydrogen) atoms. The van der Waals surface area contributed by atoms with Crippen LogP contribution in [0.15, 0.2) is 16.8 Å². The monoisotopic (exact) mass is 286 g/mol. The zero-order chi connectivity index (χ0) is 14.8. The van der Waals surface area contributed by atoms with Crippen molar-refractivity contribution in [3.8, 4) is 17.7 Å². The minimum Gasteiger partial charge on any atom is -0.356 e. The Morgan fingerprint density at radius 3 is 3.10 bits per heavy atom. The number of rotatable bonds is 3. The summed E-state index contributed by atoms with van der Waals surface area (Å²) in [4.78, 5) is 12.0. The standard InChI is InChI=1S/C14H18N6O/c1-19-3-4-20(2)11(9-19)6-13-17-14(21-18-13)12-5-10(7-15)8-16-12/h5,8,11,16H,3-4,6,9H2,1-2H3. The Balaban J connectivity index is 1.71. The second kappa shape index (κ2) is 5.68. The fourth-order valence-corrected chi connectivity index (χ4v) is 2.56. The van der Waals surface area contributed by atoms with Crippen LogP contribution in [0.1, 0.15) is 11.4 Å². The highest BCUT2D eigenvalue weighted by molar-refractivity contribution is 5.51. The molecule has 3 heterocycles. The summed E-state index contributed by atoms with van der Waals surface area (Å²) in [6.45, 7) is 3.14. The molecule has 0 spiro atoms. The molecule has 1 unspecified atom stereocenters. The Morgan fingerprint density at radius 1 is 1.48 bits per heavy atom. The molecule has 110 valence electrons. The van der Waals surface area contributed by atoms with Gasteiger partial charge in [0.1, 0.15) is 11.8 Å². The van der Waals surface area contributed by atoms with Gasteiger partial charge in [-0.15, -0.1) is 0 Å². The molecule has 1 fully saturated rings. The molecule has 0 saturated carbocycles. The van der Waals surface area contributed by atoms with Crippen molar-refractivity contribution < 1.29 is 4.52 Å². The fraction of sp³-hybridized carbons (Fsp3) is 0.500. The number of likely N-dealkylation sites (N-methyl/N-ethyl adjacent to an activating group) is 2. The first-order valence-corrected chi connectivity index (χ1v) is 6.96. The van der Waals surface area contributed by atoms with Crippen molar-refractivity contribution >= 4 is 0 Å². The summed E-state index contributed by atoms with van der Waals surface area (Å²) in [6, 6.07) is 4.17. The summed E-state index contributed by atoms with van der Waals surface area (Å²) in [5.41, 5.74) is 1.23. The number of aromatic nitrogens is 3.